The Balaban J connectivity index is 1.31. The summed E-state index contributed by atoms with van der Waals surface area (Å²) in [5.41, 5.74) is -0.225. The maximum atomic E-state index is 14.8. The quantitative estimate of drug-likeness (QED) is 0.541. The topological polar surface area (TPSA) is 80.1 Å². The van der Waals surface area contributed by atoms with E-state index >= 15 is 0 Å². The molecule has 2 bridgehead atoms. The zero-order valence-electron chi connectivity index (χ0n) is 21.3. The summed E-state index contributed by atoms with van der Waals surface area (Å²) in [7, 11) is 3.55. The van der Waals surface area contributed by atoms with Gasteiger partial charge < -0.3 is 24.1 Å². The number of aromatic nitrogens is 1. The molecule has 196 valence electrons. The van der Waals surface area contributed by atoms with Gasteiger partial charge in [-0.3, -0.25) is 9.69 Å². The summed E-state index contributed by atoms with van der Waals surface area (Å²) in [4.78, 5) is 21.4. The van der Waals surface area contributed by atoms with Gasteiger partial charge in [-0.1, -0.05) is 6.92 Å². The van der Waals surface area contributed by atoms with Gasteiger partial charge in [-0.15, -0.1) is 0 Å². The van der Waals surface area contributed by atoms with Crippen LogP contribution >= 0.6 is 0 Å². The van der Waals surface area contributed by atoms with Gasteiger partial charge in [0.05, 0.1) is 25.7 Å². The first-order chi connectivity index (χ1) is 17.2. The number of hydrogen-bond donors (Lipinski definition) is 1. The lowest BCUT2D eigenvalue weighted by molar-refractivity contribution is -0.0191. The molecule has 1 N–H and O–H groups in total. The summed E-state index contributed by atoms with van der Waals surface area (Å²) in [6.07, 6.45) is 3.88. The Morgan fingerprint density at radius 1 is 1.22 bits per heavy atom. The number of anilines is 2. The van der Waals surface area contributed by atoms with E-state index in [-0.39, 0.29) is 28.8 Å². The minimum Gasteiger partial charge on any atom is -0.484 e. The average molecular weight is 505 g/mol. The Morgan fingerprint density at radius 2 is 1.86 bits per heavy atom. The predicted molar refractivity (Wildman–Crippen MR) is 130 cm³/mol. The van der Waals surface area contributed by atoms with E-state index in [0.29, 0.717) is 43.2 Å². The summed E-state index contributed by atoms with van der Waals surface area (Å²) in [5.74, 6) is -1.06. The number of nitrogens with zero attached hydrogens (tertiary/aromatic N) is 3. The number of halogens is 2. The van der Waals surface area contributed by atoms with Crippen LogP contribution in [0.3, 0.4) is 0 Å². The SMILES string of the molecule is CCN(C)Cc1oc(N2CC(C)(OC)C2)nc1C(=O)Nc1cc(F)c(OC2CC3CC(C3)C2)c(F)c1. The van der Waals surface area contributed by atoms with Crippen molar-refractivity contribution in [2.45, 2.75) is 57.8 Å². The second-order valence-electron chi connectivity index (χ2n) is 10.7. The third-order valence-corrected chi connectivity index (χ3v) is 7.73. The lowest BCUT2D eigenvalue weighted by Crippen LogP contribution is -2.61. The largest absolute Gasteiger partial charge is 0.484 e. The first kappa shape index (κ1) is 25.0. The summed E-state index contributed by atoms with van der Waals surface area (Å²) in [6.45, 7) is 6.23. The van der Waals surface area contributed by atoms with Crippen LogP contribution < -0.4 is 15.0 Å². The van der Waals surface area contributed by atoms with Gasteiger partial charge in [0.2, 0.25) is 0 Å². The number of carbonyl (C=O) groups is 1. The molecule has 3 aliphatic carbocycles. The van der Waals surface area contributed by atoms with Crippen LogP contribution in [0.5, 0.6) is 5.75 Å². The predicted octanol–water partition coefficient (Wildman–Crippen LogP) is 4.45. The van der Waals surface area contributed by atoms with E-state index in [4.69, 9.17) is 13.9 Å². The Labute approximate surface area is 209 Å². The van der Waals surface area contributed by atoms with Crippen molar-refractivity contribution in [3.63, 3.8) is 0 Å². The van der Waals surface area contributed by atoms with Crippen LogP contribution in [-0.2, 0) is 11.3 Å². The van der Waals surface area contributed by atoms with Crippen molar-refractivity contribution >= 4 is 17.6 Å². The first-order valence-electron chi connectivity index (χ1n) is 12.6. The van der Waals surface area contributed by atoms with Crippen LogP contribution in [0.15, 0.2) is 16.5 Å². The lowest BCUT2D eigenvalue weighted by atomic mass is 9.64. The van der Waals surface area contributed by atoms with Gasteiger partial charge in [-0.05, 0) is 58.0 Å². The van der Waals surface area contributed by atoms with Gasteiger partial charge in [0.25, 0.3) is 11.9 Å². The van der Waals surface area contributed by atoms with E-state index in [1.54, 1.807) is 7.11 Å². The van der Waals surface area contributed by atoms with Crippen molar-refractivity contribution in [1.29, 1.82) is 0 Å². The zero-order chi connectivity index (χ0) is 25.6. The Hall–Kier alpha value is -2.72. The number of amides is 1. The van der Waals surface area contributed by atoms with Crippen molar-refractivity contribution in [1.82, 2.24) is 9.88 Å². The number of fused-ring (bicyclic) bond motifs is 2. The summed E-state index contributed by atoms with van der Waals surface area (Å²) < 4.78 is 46.8. The molecule has 2 aromatic rings. The van der Waals surface area contributed by atoms with Crippen molar-refractivity contribution in [2.75, 3.05) is 44.0 Å². The highest BCUT2D eigenvalue weighted by atomic mass is 19.1. The molecular weight excluding hydrogens is 470 g/mol. The molecule has 0 unspecified atom stereocenters. The Kier molecular flexibility index (Phi) is 6.67. The summed E-state index contributed by atoms with van der Waals surface area (Å²) in [5, 5.41) is 2.57. The molecule has 1 saturated heterocycles. The van der Waals surface area contributed by atoms with Crippen LogP contribution in [0.2, 0.25) is 0 Å². The van der Waals surface area contributed by atoms with Gasteiger partial charge >= 0.3 is 0 Å². The average Bonchev–Trinajstić information content (AvgIpc) is 3.22. The molecule has 4 aliphatic rings. The number of methoxy groups -OCH3 is 1. The van der Waals surface area contributed by atoms with Crippen LogP contribution in [0.25, 0.3) is 0 Å². The minimum atomic E-state index is -0.837. The first-order valence-corrected chi connectivity index (χ1v) is 12.6. The lowest BCUT2D eigenvalue weighted by Gasteiger charge is -2.45. The molecule has 3 saturated carbocycles. The third-order valence-electron chi connectivity index (χ3n) is 7.73. The van der Waals surface area contributed by atoms with E-state index in [1.165, 1.54) is 12.8 Å². The molecule has 1 aliphatic heterocycles. The Bertz CT molecular complexity index is 1090. The van der Waals surface area contributed by atoms with E-state index in [0.717, 1.165) is 31.5 Å². The smallest absolute Gasteiger partial charge is 0.298 e. The number of benzene rings is 1. The molecular formula is C26H34F2N4O4. The molecule has 1 amide bonds. The fraction of sp³-hybridized carbons (Fsp3) is 0.615. The molecule has 1 aromatic heterocycles. The molecule has 2 heterocycles. The zero-order valence-corrected chi connectivity index (χ0v) is 21.3. The maximum Gasteiger partial charge on any atom is 0.298 e. The molecule has 4 fully saturated rings. The molecule has 36 heavy (non-hydrogen) atoms. The van der Waals surface area contributed by atoms with Crippen molar-refractivity contribution in [3.05, 3.63) is 35.2 Å². The molecule has 8 nitrogen and oxygen atoms in total. The van der Waals surface area contributed by atoms with Crippen molar-refractivity contribution in [2.24, 2.45) is 11.8 Å². The molecule has 10 heteroatoms. The highest BCUT2D eigenvalue weighted by Crippen LogP contribution is 2.47. The number of oxazole rings is 1. The maximum absolute atomic E-state index is 14.8. The highest BCUT2D eigenvalue weighted by Gasteiger charge is 2.42. The van der Waals surface area contributed by atoms with Gasteiger partial charge in [-0.25, -0.2) is 8.78 Å². The van der Waals surface area contributed by atoms with Crippen LogP contribution in [-0.4, -0.2) is 61.3 Å². The van der Waals surface area contributed by atoms with Crippen LogP contribution in [0.4, 0.5) is 20.5 Å². The van der Waals surface area contributed by atoms with E-state index in [1.807, 2.05) is 30.7 Å². The highest BCUT2D eigenvalue weighted by molar-refractivity contribution is 6.03. The molecule has 0 atom stereocenters. The fourth-order valence-electron chi connectivity index (χ4n) is 5.44. The fourth-order valence-corrected chi connectivity index (χ4v) is 5.44. The van der Waals surface area contributed by atoms with Gasteiger partial charge in [0.15, 0.2) is 28.8 Å². The van der Waals surface area contributed by atoms with Crippen LogP contribution in [0.1, 0.15) is 55.8 Å². The number of ether oxygens (including phenoxy) is 2. The summed E-state index contributed by atoms with van der Waals surface area (Å²) in [6, 6.07) is 2.48. The standard InChI is InChI=1S/C26H34F2N4O4/c1-5-31(3)12-21-22(30-25(36-21)32-13-26(2,14-32)34-4)24(33)29-17-10-19(27)23(20(28)11-17)35-18-8-15-6-16(7-15)9-18/h10-11,15-16,18H,5-9,12-14H2,1-4H3,(H,29,33). The second kappa shape index (κ2) is 9.63. The number of rotatable bonds is 9. The molecule has 0 spiro atoms. The summed E-state index contributed by atoms with van der Waals surface area (Å²) >= 11 is 0. The monoisotopic (exact) mass is 504 g/mol. The van der Waals surface area contributed by atoms with Gasteiger partial charge in [-0.2, -0.15) is 4.98 Å². The van der Waals surface area contributed by atoms with Gasteiger partial charge in [0.1, 0.15) is 5.60 Å². The second-order valence-corrected chi connectivity index (χ2v) is 10.7. The van der Waals surface area contributed by atoms with Crippen molar-refractivity contribution < 1.29 is 27.5 Å². The number of carbonyl (C=O) groups excluding carboxylic acids is 1. The van der Waals surface area contributed by atoms with Gasteiger partial charge in [0, 0.05) is 24.9 Å². The van der Waals surface area contributed by atoms with Crippen LogP contribution in [0, 0.1) is 23.5 Å². The normalized spacial score (nSPS) is 24.3. The Morgan fingerprint density at radius 3 is 2.44 bits per heavy atom. The van der Waals surface area contributed by atoms with E-state index < -0.39 is 17.5 Å². The number of nitrogens with one attached hydrogen (secondary N) is 1. The third kappa shape index (κ3) is 4.93. The number of hydrogen-bond acceptors (Lipinski definition) is 7. The minimum absolute atomic E-state index is 0.0101. The van der Waals surface area contributed by atoms with E-state index in [2.05, 4.69) is 10.3 Å². The van der Waals surface area contributed by atoms with Crippen molar-refractivity contribution in [3.8, 4) is 5.75 Å². The molecule has 0 radical (unpaired) electrons. The molecule has 1 aromatic carbocycles. The molecule has 6 rings (SSSR count). The van der Waals surface area contributed by atoms with E-state index in [9.17, 15) is 13.6 Å².